The molecule has 5 nitrogen and oxygen atoms in total. The van der Waals surface area contributed by atoms with Crippen molar-refractivity contribution in [2.24, 2.45) is 0 Å². The van der Waals surface area contributed by atoms with E-state index in [0.29, 0.717) is 17.6 Å². The Hall–Kier alpha value is -8.41. The van der Waals surface area contributed by atoms with E-state index in [2.05, 4.69) is 228 Å². The van der Waals surface area contributed by atoms with E-state index >= 15 is 0 Å². The van der Waals surface area contributed by atoms with E-state index in [1.807, 2.05) is 6.07 Å². The van der Waals surface area contributed by atoms with Gasteiger partial charge in [-0.05, 0) is 75.8 Å². The lowest BCUT2D eigenvalue weighted by Gasteiger charge is -2.13. The molecule has 62 heavy (non-hydrogen) atoms. The van der Waals surface area contributed by atoms with Crippen LogP contribution in [-0.2, 0) is 0 Å². The molecule has 0 aliphatic carbocycles. The predicted molar refractivity (Wildman–Crippen MR) is 256 cm³/mol. The van der Waals surface area contributed by atoms with E-state index in [0.717, 1.165) is 82.7 Å². The van der Waals surface area contributed by atoms with Gasteiger partial charge >= 0.3 is 0 Å². The van der Waals surface area contributed by atoms with Crippen molar-refractivity contribution in [2.75, 3.05) is 0 Å². The minimum absolute atomic E-state index is 0.560. The van der Waals surface area contributed by atoms with Gasteiger partial charge in [-0.15, -0.1) is 0 Å². The summed E-state index contributed by atoms with van der Waals surface area (Å²) in [7, 11) is 0. The summed E-state index contributed by atoms with van der Waals surface area (Å²) < 4.78 is 4.62. The van der Waals surface area contributed by atoms with E-state index in [4.69, 9.17) is 15.0 Å². The summed E-state index contributed by atoms with van der Waals surface area (Å²) in [6, 6.07) is 79.2. The van der Waals surface area contributed by atoms with E-state index in [-0.39, 0.29) is 0 Å². The fourth-order valence-corrected chi connectivity index (χ4v) is 9.08. The molecule has 0 radical (unpaired) electrons. The van der Waals surface area contributed by atoms with Gasteiger partial charge in [-0.2, -0.15) is 9.97 Å². The molecular formula is C57H37N5. The Morgan fingerprint density at radius 1 is 0.274 bits per heavy atom. The SMILES string of the molecule is c1ccc(-c2cccc(-c3ccc(-c4nc(-c5cccc(-c6ccccc6)c5)nc(-n5c6ccccc6c6ccc7c(c8ccccc8n7-c7ccccc7)c65)n4)cc3)c2)cc1. The molecule has 0 fully saturated rings. The Bertz CT molecular complexity index is 3610. The highest BCUT2D eigenvalue weighted by molar-refractivity contribution is 6.26. The molecule has 290 valence electrons. The Labute approximate surface area is 358 Å². The molecule has 5 heteroatoms. The highest BCUT2D eigenvalue weighted by atomic mass is 15.2. The predicted octanol–water partition coefficient (Wildman–Crippen LogP) is 14.4. The third-order valence-corrected chi connectivity index (χ3v) is 12.0. The van der Waals surface area contributed by atoms with E-state index in [1.54, 1.807) is 0 Å². The minimum atomic E-state index is 0.560. The number of para-hydroxylation sites is 3. The molecule has 0 N–H and O–H groups in total. The average Bonchev–Trinajstić information content (AvgIpc) is 3.88. The maximum atomic E-state index is 5.40. The van der Waals surface area contributed by atoms with Crippen molar-refractivity contribution in [3.8, 4) is 67.8 Å². The largest absolute Gasteiger partial charge is 0.309 e. The molecule has 0 saturated heterocycles. The van der Waals surface area contributed by atoms with Gasteiger partial charge < -0.3 is 4.57 Å². The third-order valence-electron chi connectivity index (χ3n) is 12.0. The van der Waals surface area contributed by atoms with Crippen LogP contribution < -0.4 is 0 Å². The van der Waals surface area contributed by atoms with Crippen LogP contribution in [-0.4, -0.2) is 24.1 Å². The van der Waals surface area contributed by atoms with Crippen molar-refractivity contribution in [1.29, 1.82) is 0 Å². The van der Waals surface area contributed by atoms with Gasteiger partial charge in [0.25, 0.3) is 0 Å². The van der Waals surface area contributed by atoms with Crippen molar-refractivity contribution in [1.82, 2.24) is 24.1 Å². The zero-order chi connectivity index (χ0) is 41.0. The first-order valence-electron chi connectivity index (χ1n) is 20.9. The fourth-order valence-electron chi connectivity index (χ4n) is 9.08. The van der Waals surface area contributed by atoms with Crippen LogP contribution >= 0.6 is 0 Å². The number of nitrogens with zero attached hydrogens (tertiary/aromatic N) is 5. The van der Waals surface area contributed by atoms with Crippen molar-refractivity contribution < 1.29 is 0 Å². The van der Waals surface area contributed by atoms with Gasteiger partial charge in [-0.25, -0.2) is 4.98 Å². The molecular weight excluding hydrogens is 755 g/mol. The fraction of sp³-hybridized carbons (Fsp3) is 0. The molecule has 0 unspecified atom stereocenters. The van der Waals surface area contributed by atoms with Crippen LogP contribution in [0.4, 0.5) is 0 Å². The van der Waals surface area contributed by atoms with Crippen LogP contribution in [0.3, 0.4) is 0 Å². The quantitative estimate of drug-likeness (QED) is 0.162. The van der Waals surface area contributed by atoms with Crippen molar-refractivity contribution in [3.63, 3.8) is 0 Å². The molecule has 9 aromatic carbocycles. The Balaban J connectivity index is 1.10. The summed E-state index contributed by atoms with van der Waals surface area (Å²) in [6.07, 6.45) is 0. The van der Waals surface area contributed by atoms with Crippen LogP contribution in [0.2, 0.25) is 0 Å². The first-order chi connectivity index (χ1) is 30.7. The molecule has 0 saturated carbocycles. The van der Waals surface area contributed by atoms with Crippen LogP contribution in [0, 0.1) is 0 Å². The maximum absolute atomic E-state index is 5.40. The van der Waals surface area contributed by atoms with Gasteiger partial charge in [-0.1, -0.05) is 182 Å². The monoisotopic (exact) mass is 791 g/mol. The number of aromatic nitrogens is 5. The number of fused-ring (bicyclic) bond motifs is 7. The first-order valence-corrected chi connectivity index (χ1v) is 20.9. The first kappa shape index (κ1) is 35.5. The number of benzene rings is 9. The lowest BCUT2D eigenvalue weighted by atomic mass is 9.98. The molecule has 0 aliphatic heterocycles. The molecule has 3 aromatic heterocycles. The minimum Gasteiger partial charge on any atom is -0.309 e. The van der Waals surface area contributed by atoms with Crippen LogP contribution in [0.1, 0.15) is 0 Å². The molecule has 0 bridgehead atoms. The topological polar surface area (TPSA) is 48.5 Å². The molecule has 12 aromatic rings. The standard InChI is InChI=1S/C57H37N5/c1-4-16-38(17-5-1)42-20-14-21-43(36-42)40-30-32-41(33-31-40)55-58-56(45-23-15-22-44(37-45)39-18-6-2-7-19-39)60-57(59-55)62-50-28-12-10-26-47(50)48-34-35-52-53(54(48)62)49-27-11-13-29-51(49)61(52)46-24-8-3-9-25-46/h1-37H. The van der Waals surface area contributed by atoms with Gasteiger partial charge in [0, 0.05) is 38.4 Å². The van der Waals surface area contributed by atoms with Crippen LogP contribution in [0.5, 0.6) is 0 Å². The van der Waals surface area contributed by atoms with Crippen molar-refractivity contribution in [2.45, 2.75) is 0 Å². The maximum Gasteiger partial charge on any atom is 0.238 e. The molecule has 0 spiro atoms. The number of hydrogen-bond donors (Lipinski definition) is 0. The Morgan fingerprint density at radius 3 is 1.39 bits per heavy atom. The van der Waals surface area contributed by atoms with Gasteiger partial charge in [0.1, 0.15) is 0 Å². The highest BCUT2D eigenvalue weighted by Gasteiger charge is 2.23. The lowest BCUT2D eigenvalue weighted by Crippen LogP contribution is -2.06. The average molecular weight is 792 g/mol. The molecule has 0 atom stereocenters. The Kier molecular flexibility index (Phi) is 8.42. The summed E-state index contributed by atoms with van der Waals surface area (Å²) in [4.78, 5) is 16.0. The van der Waals surface area contributed by atoms with E-state index in [9.17, 15) is 0 Å². The summed E-state index contributed by atoms with van der Waals surface area (Å²) in [5, 5.41) is 4.59. The molecule has 12 rings (SSSR count). The summed E-state index contributed by atoms with van der Waals surface area (Å²) in [5.41, 5.74) is 14.2. The van der Waals surface area contributed by atoms with Gasteiger partial charge in [0.15, 0.2) is 11.6 Å². The smallest absolute Gasteiger partial charge is 0.238 e. The summed E-state index contributed by atoms with van der Waals surface area (Å²) >= 11 is 0. The third kappa shape index (κ3) is 5.98. The zero-order valence-electron chi connectivity index (χ0n) is 33.6. The number of hydrogen-bond acceptors (Lipinski definition) is 3. The lowest BCUT2D eigenvalue weighted by molar-refractivity contribution is 0.955. The molecule has 3 heterocycles. The summed E-state index contributed by atoms with van der Waals surface area (Å²) in [6.45, 7) is 0. The number of rotatable bonds is 7. The molecule has 0 amide bonds. The van der Waals surface area contributed by atoms with Crippen LogP contribution in [0.15, 0.2) is 224 Å². The van der Waals surface area contributed by atoms with Gasteiger partial charge in [0.05, 0.1) is 22.1 Å². The van der Waals surface area contributed by atoms with Crippen molar-refractivity contribution in [3.05, 3.63) is 224 Å². The normalized spacial score (nSPS) is 11.5. The van der Waals surface area contributed by atoms with E-state index < -0.39 is 0 Å². The van der Waals surface area contributed by atoms with Crippen LogP contribution in [0.25, 0.3) is 111 Å². The zero-order valence-corrected chi connectivity index (χ0v) is 33.6. The molecule has 0 aliphatic rings. The van der Waals surface area contributed by atoms with Gasteiger partial charge in [-0.3, -0.25) is 4.57 Å². The second kappa shape index (κ2) is 14.7. The second-order valence-electron chi connectivity index (χ2n) is 15.7. The summed E-state index contributed by atoms with van der Waals surface area (Å²) in [5.74, 6) is 1.77. The van der Waals surface area contributed by atoms with Crippen molar-refractivity contribution >= 4 is 43.6 Å². The Morgan fingerprint density at radius 2 is 0.742 bits per heavy atom. The van der Waals surface area contributed by atoms with Gasteiger partial charge in [0.2, 0.25) is 5.95 Å². The second-order valence-corrected chi connectivity index (χ2v) is 15.7. The highest BCUT2D eigenvalue weighted by Crippen LogP contribution is 2.42. The van der Waals surface area contributed by atoms with E-state index in [1.165, 1.54) is 11.1 Å².